The van der Waals surface area contributed by atoms with Gasteiger partial charge in [-0.3, -0.25) is 9.59 Å². The molecule has 0 spiro atoms. The van der Waals surface area contributed by atoms with E-state index in [9.17, 15) is 9.59 Å². The van der Waals surface area contributed by atoms with Crippen molar-refractivity contribution >= 4 is 38.5 Å². The van der Waals surface area contributed by atoms with Gasteiger partial charge in [-0.25, -0.2) is 4.98 Å². The fraction of sp³-hybridized carbons (Fsp3) is 0.500. The first-order chi connectivity index (χ1) is 11.7. The number of benzene rings is 1. The average Bonchev–Trinajstić information content (AvgIpc) is 3.18. The van der Waals surface area contributed by atoms with E-state index in [0.717, 1.165) is 23.1 Å². The van der Waals surface area contributed by atoms with Crippen LogP contribution >= 0.6 is 11.3 Å². The van der Waals surface area contributed by atoms with Gasteiger partial charge in [0, 0.05) is 19.0 Å². The SMILES string of the molecule is O=C(Nc1nc2ccccc2s1)[C@H]1CC(=O)N(C2CCCCC2)C1. The quantitative estimate of drug-likeness (QED) is 0.929. The molecule has 1 aliphatic carbocycles. The standard InChI is InChI=1S/C18H21N3O2S/c22-16-10-12(11-21(16)13-6-2-1-3-7-13)17(23)20-18-19-14-8-4-5-9-15(14)24-18/h4-5,8-9,12-13H,1-3,6-7,10-11H2,(H,19,20,23)/t12-/m0/s1. The molecule has 1 aliphatic heterocycles. The Kier molecular flexibility index (Phi) is 4.22. The summed E-state index contributed by atoms with van der Waals surface area (Å²) in [5, 5.41) is 3.52. The van der Waals surface area contributed by atoms with E-state index in [4.69, 9.17) is 0 Å². The molecule has 1 atom stereocenters. The predicted octanol–water partition coefficient (Wildman–Crippen LogP) is 3.42. The fourth-order valence-corrected chi connectivity index (χ4v) is 4.65. The van der Waals surface area contributed by atoms with Crippen molar-refractivity contribution in [1.29, 1.82) is 0 Å². The minimum absolute atomic E-state index is 0.0827. The number of amides is 2. The molecule has 6 heteroatoms. The summed E-state index contributed by atoms with van der Waals surface area (Å²) in [5.74, 6) is -0.210. The summed E-state index contributed by atoms with van der Waals surface area (Å²) in [5.41, 5.74) is 0.893. The number of nitrogens with zero attached hydrogens (tertiary/aromatic N) is 2. The number of anilines is 1. The Morgan fingerprint density at radius 1 is 1.21 bits per heavy atom. The van der Waals surface area contributed by atoms with Crippen molar-refractivity contribution in [1.82, 2.24) is 9.88 Å². The van der Waals surface area contributed by atoms with Crippen LogP contribution in [0.25, 0.3) is 10.2 Å². The molecule has 0 bridgehead atoms. The molecule has 2 aliphatic rings. The van der Waals surface area contributed by atoms with Gasteiger partial charge in [0.2, 0.25) is 11.8 Å². The van der Waals surface area contributed by atoms with E-state index < -0.39 is 0 Å². The minimum atomic E-state index is -0.258. The third-order valence-corrected chi connectivity index (χ3v) is 6.02. The Labute approximate surface area is 145 Å². The van der Waals surface area contributed by atoms with Crippen molar-refractivity contribution in [2.24, 2.45) is 5.92 Å². The molecule has 0 unspecified atom stereocenters. The molecule has 5 nitrogen and oxygen atoms in total. The van der Waals surface area contributed by atoms with E-state index in [1.807, 2.05) is 29.2 Å². The molecule has 1 saturated carbocycles. The Balaban J connectivity index is 1.42. The summed E-state index contributed by atoms with van der Waals surface area (Å²) in [6.45, 7) is 0.556. The molecular weight excluding hydrogens is 322 g/mol. The largest absolute Gasteiger partial charge is 0.339 e. The molecule has 1 N–H and O–H groups in total. The first kappa shape index (κ1) is 15.6. The molecule has 1 saturated heterocycles. The molecule has 0 radical (unpaired) electrons. The van der Waals surface area contributed by atoms with E-state index in [1.54, 1.807) is 0 Å². The number of hydrogen-bond acceptors (Lipinski definition) is 4. The van der Waals surface area contributed by atoms with Crippen molar-refractivity contribution < 1.29 is 9.59 Å². The van der Waals surface area contributed by atoms with Crippen molar-refractivity contribution in [3.63, 3.8) is 0 Å². The second kappa shape index (κ2) is 6.51. The fourth-order valence-electron chi connectivity index (χ4n) is 3.79. The number of thiazole rings is 1. The first-order valence-corrected chi connectivity index (χ1v) is 9.48. The van der Waals surface area contributed by atoms with Gasteiger partial charge in [-0.1, -0.05) is 42.7 Å². The van der Waals surface area contributed by atoms with Crippen molar-refractivity contribution in [2.75, 3.05) is 11.9 Å². The van der Waals surface area contributed by atoms with Gasteiger partial charge >= 0.3 is 0 Å². The number of hydrogen-bond donors (Lipinski definition) is 1. The number of rotatable bonds is 3. The van der Waals surface area contributed by atoms with E-state index in [0.29, 0.717) is 24.1 Å². The summed E-state index contributed by atoms with van der Waals surface area (Å²) in [4.78, 5) is 31.2. The van der Waals surface area contributed by atoms with Gasteiger partial charge in [-0.05, 0) is 25.0 Å². The lowest BCUT2D eigenvalue weighted by molar-refractivity contribution is -0.130. The molecular formula is C18H21N3O2S. The van der Waals surface area contributed by atoms with Crippen LogP contribution in [0.3, 0.4) is 0 Å². The summed E-state index contributed by atoms with van der Waals surface area (Å²) < 4.78 is 1.05. The third-order valence-electron chi connectivity index (χ3n) is 5.07. The molecule has 1 aromatic carbocycles. The molecule has 2 amide bonds. The van der Waals surface area contributed by atoms with Crippen LogP contribution < -0.4 is 5.32 Å². The Morgan fingerprint density at radius 3 is 2.79 bits per heavy atom. The highest BCUT2D eigenvalue weighted by atomic mass is 32.1. The van der Waals surface area contributed by atoms with Gasteiger partial charge in [0.1, 0.15) is 0 Å². The van der Waals surface area contributed by atoms with Crippen LogP contribution in [0, 0.1) is 5.92 Å². The van der Waals surface area contributed by atoms with E-state index in [1.165, 1.54) is 30.6 Å². The lowest BCUT2D eigenvalue weighted by Gasteiger charge is -2.31. The number of fused-ring (bicyclic) bond motifs is 1. The van der Waals surface area contributed by atoms with Crippen LogP contribution in [0.2, 0.25) is 0 Å². The molecule has 24 heavy (non-hydrogen) atoms. The van der Waals surface area contributed by atoms with Gasteiger partial charge in [-0.15, -0.1) is 0 Å². The average molecular weight is 343 g/mol. The highest BCUT2D eigenvalue weighted by Crippen LogP contribution is 2.30. The predicted molar refractivity (Wildman–Crippen MR) is 94.9 cm³/mol. The Bertz CT molecular complexity index is 733. The third kappa shape index (κ3) is 3.02. The van der Waals surface area contributed by atoms with Gasteiger partial charge in [0.25, 0.3) is 0 Å². The van der Waals surface area contributed by atoms with Gasteiger partial charge in [0.05, 0.1) is 16.1 Å². The number of para-hydroxylation sites is 1. The van der Waals surface area contributed by atoms with Crippen LogP contribution in [0.5, 0.6) is 0 Å². The molecule has 126 valence electrons. The number of nitrogens with one attached hydrogen (secondary N) is 1. The molecule has 4 rings (SSSR count). The summed E-state index contributed by atoms with van der Waals surface area (Å²) in [6, 6.07) is 8.17. The zero-order valence-corrected chi connectivity index (χ0v) is 14.3. The zero-order valence-electron chi connectivity index (χ0n) is 13.5. The number of likely N-dealkylation sites (tertiary alicyclic amines) is 1. The molecule has 2 heterocycles. The smallest absolute Gasteiger partial charge is 0.231 e. The topological polar surface area (TPSA) is 62.3 Å². The monoisotopic (exact) mass is 343 g/mol. The second-order valence-corrected chi connectivity index (χ2v) is 7.75. The molecule has 2 aromatic rings. The van der Waals surface area contributed by atoms with Crippen molar-refractivity contribution in [2.45, 2.75) is 44.6 Å². The normalized spacial score (nSPS) is 22.2. The van der Waals surface area contributed by atoms with E-state index in [-0.39, 0.29) is 17.7 Å². The lowest BCUT2D eigenvalue weighted by atomic mass is 9.94. The number of carbonyl (C=O) groups excluding carboxylic acids is 2. The van der Waals surface area contributed by atoms with Crippen LogP contribution in [-0.4, -0.2) is 34.3 Å². The van der Waals surface area contributed by atoms with E-state index in [2.05, 4.69) is 10.3 Å². The number of carbonyl (C=O) groups is 2. The summed E-state index contributed by atoms with van der Waals surface area (Å²) in [6.07, 6.45) is 6.14. The van der Waals surface area contributed by atoms with Crippen LogP contribution in [0.1, 0.15) is 38.5 Å². The highest BCUT2D eigenvalue weighted by molar-refractivity contribution is 7.22. The zero-order chi connectivity index (χ0) is 16.5. The maximum atomic E-state index is 12.5. The molecule has 2 fully saturated rings. The number of aromatic nitrogens is 1. The first-order valence-electron chi connectivity index (χ1n) is 8.66. The maximum absolute atomic E-state index is 12.5. The van der Waals surface area contributed by atoms with Gasteiger partial charge in [0.15, 0.2) is 5.13 Å². The van der Waals surface area contributed by atoms with Gasteiger partial charge in [-0.2, -0.15) is 0 Å². The van der Waals surface area contributed by atoms with Gasteiger partial charge < -0.3 is 10.2 Å². The van der Waals surface area contributed by atoms with E-state index >= 15 is 0 Å². The second-order valence-electron chi connectivity index (χ2n) is 6.71. The van der Waals surface area contributed by atoms with Crippen LogP contribution in [0.4, 0.5) is 5.13 Å². The Hall–Kier alpha value is -1.95. The highest BCUT2D eigenvalue weighted by Gasteiger charge is 2.38. The summed E-state index contributed by atoms with van der Waals surface area (Å²) >= 11 is 1.47. The summed E-state index contributed by atoms with van der Waals surface area (Å²) in [7, 11) is 0. The van der Waals surface area contributed by atoms with Crippen LogP contribution in [0.15, 0.2) is 24.3 Å². The lowest BCUT2D eigenvalue weighted by Crippen LogP contribution is -2.38. The molecule has 1 aromatic heterocycles. The maximum Gasteiger partial charge on any atom is 0.231 e. The van der Waals surface area contributed by atoms with Crippen molar-refractivity contribution in [3.8, 4) is 0 Å². The van der Waals surface area contributed by atoms with Crippen LogP contribution in [-0.2, 0) is 9.59 Å². The Morgan fingerprint density at radius 2 is 2.00 bits per heavy atom. The van der Waals surface area contributed by atoms with Crippen molar-refractivity contribution in [3.05, 3.63) is 24.3 Å². The minimum Gasteiger partial charge on any atom is -0.339 e.